The normalized spacial score (nSPS) is 13.7. The summed E-state index contributed by atoms with van der Waals surface area (Å²) in [7, 11) is -2.06. The summed E-state index contributed by atoms with van der Waals surface area (Å²) in [6.45, 7) is 5.14. The highest BCUT2D eigenvalue weighted by Gasteiger charge is 2.31. The number of carbonyl (C=O) groups is 1. The molecule has 0 aliphatic carbocycles. The van der Waals surface area contributed by atoms with Crippen molar-refractivity contribution < 1.29 is 18.3 Å². The van der Waals surface area contributed by atoms with Crippen LogP contribution >= 0.6 is 0 Å². The molecule has 0 aliphatic heterocycles. The average Bonchev–Trinajstić information content (AvgIpc) is 2.59. The number of aromatic nitrogens is 2. The summed E-state index contributed by atoms with van der Waals surface area (Å²) < 4.78 is 27.7. The zero-order valence-electron chi connectivity index (χ0n) is 11.5. The second-order valence-electron chi connectivity index (χ2n) is 4.37. The van der Waals surface area contributed by atoms with Crippen LogP contribution in [0.25, 0.3) is 0 Å². The molecule has 1 heterocycles. The maximum atomic E-state index is 12.5. The number of aliphatic carboxylic acids is 1. The summed E-state index contributed by atoms with van der Waals surface area (Å²) in [6, 6.07) is -0.605. The summed E-state index contributed by atoms with van der Waals surface area (Å²) in [5.74, 6) is -1.02. The number of rotatable bonds is 6. The van der Waals surface area contributed by atoms with Gasteiger partial charge in [-0.05, 0) is 13.8 Å². The number of carboxylic acids is 1. The molecule has 1 N–H and O–H groups in total. The molecule has 7 nitrogen and oxygen atoms in total. The number of nitrogens with zero attached hydrogens (tertiary/aromatic N) is 3. The van der Waals surface area contributed by atoms with Crippen LogP contribution in [-0.2, 0) is 21.9 Å². The van der Waals surface area contributed by atoms with Crippen LogP contribution in [0.4, 0.5) is 0 Å². The van der Waals surface area contributed by atoms with Crippen LogP contribution in [0.1, 0.15) is 26.0 Å². The van der Waals surface area contributed by atoms with Gasteiger partial charge in [0, 0.05) is 19.6 Å². The van der Waals surface area contributed by atoms with E-state index in [9.17, 15) is 13.2 Å². The molecular formula is C11H19N3O4S. The summed E-state index contributed by atoms with van der Waals surface area (Å²) >= 11 is 0. The second kappa shape index (κ2) is 5.70. The largest absolute Gasteiger partial charge is 0.481 e. The van der Waals surface area contributed by atoms with E-state index < -0.39 is 22.0 Å². The van der Waals surface area contributed by atoms with E-state index in [0.717, 1.165) is 0 Å². The van der Waals surface area contributed by atoms with Gasteiger partial charge in [0.1, 0.15) is 4.90 Å². The van der Waals surface area contributed by atoms with E-state index in [4.69, 9.17) is 5.11 Å². The fraction of sp³-hybridized carbons (Fsp3) is 0.636. The number of carboxylic acid groups (broad SMARTS) is 1. The second-order valence-corrected chi connectivity index (χ2v) is 6.23. The molecule has 19 heavy (non-hydrogen) atoms. The third-order valence-corrected chi connectivity index (χ3v) is 5.24. The van der Waals surface area contributed by atoms with Crippen LogP contribution in [0, 0.1) is 6.92 Å². The van der Waals surface area contributed by atoms with Crippen molar-refractivity contribution in [2.24, 2.45) is 7.05 Å². The molecule has 8 heteroatoms. The van der Waals surface area contributed by atoms with Crippen molar-refractivity contribution >= 4 is 16.0 Å². The van der Waals surface area contributed by atoms with Crippen LogP contribution in [0.3, 0.4) is 0 Å². The SMILES string of the molecule is CCN(C(C)CC(=O)O)S(=O)(=O)c1cnn(C)c1C. The molecule has 0 bridgehead atoms. The number of aryl methyl sites for hydroxylation is 1. The Balaban J connectivity index is 3.16. The first kappa shape index (κ1) is 15.6. The van der Waals surface area contributed by atoms with Gasteiger partial charge in [-0.2, -0.15) is 9.40 Å². The van der Waals surface area contributed by atoms with Crippen LogP contribution in [0.5, 0.6) is 0 Å². The van der Waals surface area contributed by atoms with Gasteiger partial charge in [0.2, 0.25) is 10.0 Å². The molecule has 0 saturated carbocycles. The Morgan fingerprint density at radius 3 is 2.53 bits per heavy atom. The lowest BCUT2D eigenvalue weighted by Gasteiger charge is -2.25. The minimum atomic E-state index is -3.72. The number of sulfonamides is 1. The number of hydrogen-bond donors (Lipinski definition) is 1. The zero-order valence-corrected chi connectivity index (χ0v) is 12.3. The monoisotopic (exact) mass is 289 g/mol. The first-order valence-corrected chi connectivity index (χ1v) is 7.38. The summed E-state index contributed by atoms with van der Waals surface area (Å²) in [5, 5.41) is 12.7. The van der Waals surface area contributed by atoms with E-state index in [2.05, 4.69) is 5.10 Å². The molecule has 1 aromatic heterocycles. The minimum Gasteiger partial charge on any atom is -0.481 e. The number of hydrogen-bond acceptors (Lipinski definition) is 4. The highest BCUT2D eigenvalue weighted by molar-refractivity contribution is 7.89. The Bertz CT molecular complexity index is 564. The quantitative estimate of drug-likeness (QED) is 0.828. The van der Waals surface area contributed by atoms with Crippen molar-refractivity contribution in [1.82, 2.24) is 14.1 Å². The van der Waals surface area contributed by atoms with Crippen LogP contribution < -0.4 is 0 Å². The van der Waals surface area contributed by atoms with Crippen molar-refractivity contribution in [2.45, 2.75) is 38.1 Å². The molecule has 0 aromatic carbocycles. The van der Waals surface area contributed by atoms with Gasteiger partial charge in [-0.3, -0.25) is 9.48 Å². The lowest BCUT2D eigenvalue weighted by atomic mass is 10.2. The Morgan fingerprint density at radius 1 is 1.58 bits per heavy atom. The maximum Gasteiger partial charge on any atom is 0.304 e. The molecule has 0 amide bonds. The maximum absolute atomic E-state index is 12.5. The predicted molar refractivity (Wildman–Crippen MR) is 69.2 cm³/mol. The van der Waals surface area contributed by atoms with Gasteiger partial charge in [-0.15, -0.1) is 0 Å². The van der Waals surface area contributed by atoms with Gasteiger partial charge in [-0.1, -0.05) is 6.92 Å². The first-order valence-electron chi connectivity index (χ1n) is 5.94. The Morgan fingerprint density at radius 2 is 2.16 bits per heavy atom. The van der Waals surface area contributed by atoms with Crippen LogP contribution in [0.2, 0.25) is 0 Å². The highest BCUT2D eigenvalue weighted by atomic mass is 32.2. The molecule has 1 atom stereocenters. The molecule has 0 saturated heterocycles. The Kier molecular flexibility index (Phi) is 4.70. The molecule has 0 fully saturated rings. The predicted octanol–water partition coefficient (Wildman–Crippen LogP) is 0.602. The van der Waals surface area contributed by atoms with E-state index in [1.165, 1.54) is 15.2 Å². The molecular weight excluding hydrogens is 270 g/mol. The fourth-order valence-corrected chi connectivity index (χ4v) is 3.76. The standard InChI is InChI=1S/C11H19N3O4S/c1-5-14(8(2)6-11(15)16)19(17,18)10-7-12-13(4)9(10)3/h7-8H,5-6H2,1-4H3,(H,15,16). The van der Waals surface area contributed by atoms with E-state index in [0.29, 0.717) is 5.69 Å². The van der Waals surface area contributed by atoms with E-state index in [1.54, 1.807) is 27.8 Å². The third kappa shape index (κ3) is 3.13. The van der Waals surface area contributed by atoms with Crippen LogP contribution in [-0.4, -0.2) is 46.2 Å². The topological polar surface area (TPSA) is 92.5 Å². The zero-order chi connectivity index (χ0) is 14.8. The van der Waals surface area contributed by atoms with Gasteiger partial charge < -0.3 is 5.11 Å². The lowest BCUT2D eigenvalue weighted by molar-refractivity contribution is -0.137. The molecule has 1 aromatic rings. The molecule has 1 unspecified atom stereocenters. The molecule has 108 valence electrons. The highest BCUT2D eigenvalue weighted by Crippen LogP contribution is 2.21. The first-order chi connectivity index (χ1) is 8.71. The summed E-state index contributed by atoms with van der Waals surface area (Å²) in [4.78, 5) is 10.8. The van der Waals surface area contributed by atoms with Gasteiger partial charge in [0.25, 0.3) is 0 Å². The van der Waals surface area contributed by atoms with Crippen molar-refractivity contribution in [3.63, 3.8) is 0 Å². The van der Waals surface area contributed by atoms with Gasteiger partial charge in [0.15, 0.2) is 0 Å². The molecule has 0 spiro atoms. The van der Waals surface area contributed by atoms with Gasteiger partial charge in [0.05, 0.1) is 18.3 Å². The van der Waals surface area contributed by atoms with Crippen molar-refractivity contribution in [2.75, 3.05) is 6.54 Å². The fourth-order valence-electron chi connectivity index (χ4n) is 1.93. The minimum absolute atomic E-state index is 0.120. The van der Waals surface area contributed by atoms with E-state index in [-0.39, 0.29) is 17.9 Å². The van der Waals surface area contributed by atoms with E-state index in [1.807, 2.05) is 0 Å². The van der Waals surface area contributed by atoms with Gasteiger partial charge in [-0.25, -0.2) is 8.42 Å². The van der Waals surface area contributed by atoms with Gasteiger partial charge >= 0.3 is 5.97 Å². The molecule has 1 rings (SSSR count). The van der Waals surface area contributed by atoms with Crippen LogP contribution in [0.15, 0.2) is 11.1 Å². The lowest BCUT2D eigenvalue weighted by Crippen LogP contribution is -2.39. The Hall–Kier alpha value is -1.41. The van der Waals surface area contributed by atoms with Crippen molar-refractivity contribution in [3.05, 3.63) is 11.9 Å². The Labute approximate surface area is 112 Å². The smallest absolute Gasteiger partial charge is 0.304 e. The summed E-state index contributed by atoms with van der Waals surface area (Å²) in [6.07, 6.45) is 1.06. The van der Waals surface area contributed by atoms with Crippen molar-refractivity contribution in [3.8, 4) is 0 Å². The average molecular weight is 289 g/mol. The third-order valence-electron chi connectivity index (χ3n) is 3.05. The van der Waals surface area contributed by atoms with Crippen molar-refractivity contribution in [1.29, 1.82) is 0 Å². The molecule has 0 aliphatic rings. The summed E-state index contributed by atoms with van der Waals surface area (Å²) in [5.41, 5.74) is 0.529. The van der Waals surface area contributed by atoms with E-state index >= 15 is 0 Å². The molecule has 0 radical (unpaired) electrons.